The summed E-state index contributed by atoms with van der Waals surface area (Å²) in [5, 5.41) is 22.4. The first-order chi connectivity index (χ1) is 10.3. The van der Waals surface area contributed by atoms with Crippen molar-refractivity contribution in [2.45, 2.75) is 40.5 Å². The number of nitrogens with zero attached hydrogens (tertiary/aromatic N) is 2. The molecule has 2 aliphatic rings. The van der Waals surface area contributed by atoms with E-state index in [0.717, 1.165) is 22.7 Å². The zero-order valence-corrected chi connectivity index (χ0v) is 14.3. The van der Waals surface area contributed by atoms with Crippen LogP contribution in [0.25, 0.3) is 0 Å². The van der Waals surface area contributed by atoms with Crippen LogP contribution in [0.15, 0.2) is 21.9 Å². The van der Waals surface area contributed by atoms with Gasteiger partial charge in [0.05, 0.1) is 28.5 Å². The van der Waals surface area contributed by atoms with Gasteiger partial charge in [0.15, 0.2) is 5.78 Å². The highest BCUT2D eigenvalue weighted by Gasteiger charge is 2.42. The number of ketones is 1. The average molecular weight is 315 g/mol. The molecule has 116 valence electrons. The van der Waals surface area contributed by atoms with E-state index in [-0.39, 0.29) is 28.8 Å². The molecule has 0 aromatic heterocycles. The summed E-state index contributed by atoms with van der Waals surface area (Å²) in [6.07, 6.45) is 1.32. The number of hydrogen-bond donors (Lipinski definition) is 1. The van der Waals surface area contributed by atoms with Crippen molar-refractivity contribution in [2.75, 3.05) is 5.75 Å². The molecule has 0 fully saturated rings. The third kappa shape index (κ3) is 3.05. The van der Waals surface area contributed by atoms with Crippen LogP contribution in [-0.2, 0) is 4.79 Å². The maximum Gasteiger partial charge on any atom is 0.161 e. The van der Waals surface area contributed by atoms with Gasteiger partial charge in [-0.3, -0.25) is 4.79 Å². The summed E-state index contributed by atoms with van der Waals surface area (Å²) in [7, 11) is 0. The van der Waals surface area contributed by atoms with Gasteiger partial charge in [0, 0.05) is 23.6 Å². The number of rotatable bonds is 3. The van der Waals surface area contributed by atoms with Crippen molar-refractivity contribution in [3.8, 4) is 12.1 Å². The zero-order valence-electron chi connectivity index (χ0n) is 13.5. The summed E-state index contributed by atoms with van der Waals surface area (Å²) in [4.78, 5) is 12.7. The Hall–Kier alpha value is -1.72. The smallest absolute Gasteiger partial charge is 0.161 e. The molecule has 0 radical (unpaired) electrons. The molecule has 1 aliphatic carbocycles. The van der Waals surface area contributed by atoms with Crippen molar-refractivity contribution in [1.82, 2.24) is 5.32 Å². The normalized spacial score (nSPS) is 23.8. The quantitative estimate of drug-likeness (QED) is 0.862. The second-order valence-electron chi connectivity index (χ2n) is 6.98. The fraction of sp³-hybridized carbons (Fsp3) is 0.588. The van der Waals surface area contributed by atoms with Crippen LogP contribution in [0.5, 0.6) is 0 Å². The van der Waals surface area contributed by atoms with Gasteiger partial charge in [-0.25, -0.2) is 0 Å². The van der Waals surface area contributed by atoms with Crippen molar-refractivity contribution < 1.29 is 4.79 Å². The van der Waals surface area contributed by atoms with Gasteiger partial charge in [-0.15, -0.1) is 0 Å². The number of nitrogens with one attached hydrogen (secondary N) is 1. The van der Waals surface area contributed by atoms with E-state index in [0.29, 0.717) is 12.0 Å². The first-order valence-electron chi connectivity index (χ1n) is 7.48. The lowest BCUT2D eigenvalue weighted by Crippen LogP contribution is -2.39. The molecule has 0 bridgehead atoms. The van der Waals surface area contributed by atoms with Crippen molar-refractivity contribution >= 4 is 17.5 Å². The van der Waals surface area contributed by atoms with Gasteiger partial charge in [-0.2, -0.15) is 10.5 Å². The fourth-order valence-electron chi connectivity index (χ4n) is 3.30. The van der Waals surface area contributed by atoms with E-state index in [1.807, 2.05) is 13.8 Å². The summed E-state index contributed by atoms with van der Waals surface area (Å²) in [5.74, 6) is 0.448. The van der Waals surface area contributed by atoms with Gasteiger partial charge in [0.25, 0.3) is 0 Å². The lowest BCUT2D eigenvalue weighted by atomic mass is 9.68. The lowest BCUT2D eigenvalue weighted by Gasteiger charge is -2.39. The van der Waals surface area contributed by atoms with Gasteiger partial charge in [-0.1, -0.05) is 39.5 Å². The molecule has 0 unspecified atom stereocenters. The molecule has 0 saturated heterocycles. The standard InChI is InChI=1S/C17H21N3OS/c1-10(2)14-11(9-19)16(22-6-5-18)20-12-7-17(3,4)8-13(21)15(12)14/h10,14,20H,6-8H2,1-4H3/t14-/m0/s1. The van der Waals surface area contributed by atoms with E-state index in [1.54, 1.807) is 0 Å². The van der Waals surface area contributed by atoms with E-state index < -0.39 is 0 Å². The average Bonchev–Trinajstić information content (AvgIpc) is 2.41. The predicted octanol–water partition coefficient (Wildman–Crippen LogP) is 3.50. The largest absolute Gasteiger partial charge is 0.352 e. The molecular formula is C17H21N3OS. The molecule has 1 atom stereocenters. The van der Waals surface area contributed by atoms with E-state index >= 15 is 0 Å². The number of allylic oxidation sites excluding steroid dienone is 3. The number of hydrogen-bond acceptors (Lipinski definition) is 5. The van der Waals surface area contributed by atoms with Crippen molar-refractivity contribution in [2.24, 2.45) is 17.3 Å². The Balaban J connectivity index is 2.51. The van der Waals surface area contributed by atoms with Crippen LogP contribution < -0.4 is 5.32 Å². The van der Waals surface area contributed by atoms with E-state index in [2.05, 4.69) is 31.3 Å². The topological polar surface area (TPSA) is 76.7 Å². The van der Waals surface area contributed by atoms with E-state index in [4.69, 9.17) is 5.26 Å². The Kier molecular flexibility index (Phi) is 4.68. The minimum absolute atomic E-state index is 0.0698. The Morgan fingerprint density at radius 1 is 1.36 bits per heavy atom. The Morgan fingerprint density at radius 2 is 2.05 bits per heavy atom. The van der Waals surface area contributed by atoms with Gasteiger partial charge < -0.3 is 5.32 Å². The van der Waals surface area contributed by atoms with Gasteiger partial charge in [-0.05, 0) is 17.8 Å². The van der Waals surface area contributed by atoms with Gasteiger partial charge in [0.1, 0.15) is 0 Å². The molecule has 1 N–H and O–H groups in total. The van der Waals surface area contributed by atoms with Crippen LogP contribution in [0.1, 0.15) is 40.5 Å². The maximum atomic E-state index is 12.7. The zero-order chi connectivity index (χ0) is 16.5. The van der Waals surface area contributed by atoms with Crippen LogP contribution in [0, 0.1) is 39.9 Å². The molecule has 1 aliphatic heterocycles. The number of Topliss-reactive ketones (excluding diaryl/α,β-unsaturated/α-hetero) is 1. The fourth-order valence-corrected chi connectivity index (χ4v) is 4.03. The minimum atomic E-state index is -0.161. The summed E-state index contributed by atoms with van der Waals surface area (Å²) in [5.41, 5.74) is 2.26. The summed E-state index contributed by atoms with van der Waals surface area (Å²) >= 11 is 1.35. The molecule has 22 heavy (non-hydrogen) atoms. The molecule has 1 heterocycles. The van der Waals surface area contributed by atoms with Crippen molar-refractivity contribution in [3.63, 3.8) is 0 Å². The molecule has 0 saturated carbocycles. The van der Waals surface area contributed by atoms with Gasteiger partial charge >= 0.3 is 0 Å². The maximum absolute atomic E-state index is 12.7. The van der Waals surface area contributed by atoms with Crippen LogP contribution >= 0.6 is 11.8 Å². The highest BCUT2D eigenvalue weighted by atomic mass is 32.2. The molecule has 0 aromatic rings. The third-order valence-corrected chi connectivity index (χ3v) is 5.00. The van der Waals surface area contributed by atoms with E-state index in [1.165, 1.54) is 11.8 Å². The molecule has 0 spiro atoms. The van der Waals surface area contributed by atoms with Crippen molar-refractivity contribution in [3.05, 3.63) is 21.9 Å². The summed E-state index contributed by atoms with van der Waals surface area (Å²) < 4.78 is 0. The predicted molar refractivity (Wildman–Crippen MR) is 87.2 cm³/mol. The van der Waals surface area contributed by atoms with Crippen LogP contribution in [0.2, 0.25) is 0 Å². The Bertz CT molecular complexity index is 644. The molecule has 5 heteroatoms. The molecule has 0 aromatic carbocycles. The number of carbonyl (C=O) groups excluding carboxylic acids is 1. The molecule has 2 rings (SSSR count). The van der Waals surface area contributed by atoms with Crippen LogP contribution in [0.3, 0.4) is 0 Å². The molecule has 0 amide bonds. The second-order valence-corrected chi connectivity index (χ2v) is 7.97. The van der Waals surface area contributed by atoms with E-state index in [9.17, 15) is 10.1 Å². The number of dihydropyridines is 1. The monoisotopic (exact) mass is 315 g/mol. The highest BCUT2D eigenvalue weighted by Crippen LogP contribution is 2.46. The van der Waals surface area contributed by atoms with Crippen molar-refractivity contribution in [1.29, 1.82) is 10.5 Å². The van der Waals surface area contributed by atoms with Gasteiger partial charge in [0.2, 0.25) is 0 Å². The first-order valence-corrected chi connectivity index (χ1v) is 8.46. The number of carbonyl (C=O) groups is 1. The second kappa shape index (κ2) is 6.18. The lowest BCUT2D eigenvalue weighted by molar-refractivity contribution is -0.118. The van der Waals surface area contributed by atoms with Crippen LogP contribution in [0.4, 0.5) is 0 Å². The summed E-state index contributed by atoms with van der Waals surface area (Å²) in [6.45, 7) is 8.26. The Morgan fingerprint density at radius 3 is 2.59 bits per heavy atom. The minimum Gasteiger partial charge on any atom is -0.352 e. The molecule has 4 nitrogen and oxygen atoms in total. The van der Waals surface area contributed by atoms with Crippen LogP contribution in [-0.4, -0.2) is 11.5 Å². The first kappa shape index (κ1) is 16.6. The summed E-state index contributed by atoms with van der Waals surface area (Å²) in [6, 6.07) is 4.37. The Labute approximate surface area is 136 Å². The number of thioether (sulfide) groups is 1. The highest BCUT2D eigenvalue weighted by molar-refractivity contribution is 8.03. The third-order valence-electron chi connectivity index (χ3n) is 4.12. The molecular weight excluding hydrogens is 294 g/mol. The SMILES string of the molecule is CC(C)[C@H]1C(C#N)=C(SCC#N)NC2=C1C(=O)CC(C)(C)C2. The number of nitriles is 2.